The fourth-order valence-electron chi connectivity index (χ4n) is 2.82. The highest BCUT2D eigenvalue weighted by molar-refractivity contribution is 5.15. The quantitative estimate of drug-likeness (QED) is 0.810. The van der Waals surface area contributed by atoms with E-state index >= 15 is 0 Å². The molecular weight excluding hydrogens is 222 g/mol. The van der Waals surface area contributed by atoms with Crippen molar-refractivity contribution < 1.29 is 5.11 Å². The van der Waals surface area contributed by atoms with Gasteiger partial charge in [-0.15, -0.1) is 0 Å². The van der Waals surface area contributed by atoms with Crippen molar-refractivity contribution in [3.63, 3.8) is 0 Å². The fourth-order valence-corrected chi connectivity index (χ4v) is 2.82. The molecule has 0 spiro atoms. The van der Waals surface area contributed by atoms with Gasteiger partial charge in [-0.25, -0.2) is 0 Å². The Morgan fingerprint density at radius 3 is 2.50 bits per heavy atom. The zero-order valence-corrected chi connectivity index (χ0v) is 11.1. The third-order valence-corrected chi connectivity index (χ3v) is 3.97. The molecular formula is C16H25NO. The molecule has 1 aliphatic carbocycles. The molecule has 2 heteroatoms. The van der Waals surface area contributed by atoms with E-state index in [1.54, 1.807) is 0 Å². The van der Waals surface area contributed by atoms with E-state index in [0.29, 0.717) is 0 Å². The summed E-state index contributed by atoms with van der Waals surface area (Å²) >= 11 is 0. The molecule has 0 heterocycles. The van der Waals surface area contributed by atoms with Crippen molar-refractivity contribution >= 4 is 0 Å². The molecule has 0 aromatic heterocycles. The van der Waals surface area contributed by atoms with Crippen molar-refractivity contribution in [2.24, 2.45) is 5.92 Å². The average Bonchev–Trinajstić information content (AvgIpc) is 2.45. The van der Waals surface area contributed by atoms with Gasteiger partial charge in [-0.05, 0) is 37.3 Å². The van der Waals surface area contributed by atoms with E-state index < -0.39 is 0 Å². The Kier molecular flexibility index (Phi) is 5.69. The third kappa shape index (κ3) is 4.43. The molecule has 1 atom stereocenters. The molecule has 0 bridgehead atoms. The molecule has 1 fully saturated rings. The van der Waals surface area contributed by atoms with Crippen LogP contribution in [0.25, 0.3) is 0 Å². The van der Waals surface area contributed by atoms with Crippen LogP contribution < -0.4 is 5.32 Å². The van der Waals surface area contributed by atoms with Gasteiger partial charge in [0.05, 0.1) is 6.61 Å². The lowest BCUT2D eigenvalue weighted by molar-refractivity contribution is 0.228. The van der Waals surface area contributed by atoms with Crippen LogP contribution in [0.3, 0.4) is 0 Å². The van der Waals surface area contributed by atoms with Gasteiger partial charge in [-0.1, -0.05) is 49.6 Å². The molecule has 0 aliphatic heterocycles. The molecule has 2 rings (SSSR count). The van der Waals surface area contributed by atoms with E-state index in [0.717, 1.165) is 18.9 Å². The Balaban J connectivity index is 1.75. The lowest BCUT2D eigenvalue weighted by Crippen LogP contribution is -2.38. The van der Waals surface area contributed by atoms with Crippen LogP contribution in [-0.2, 0) is 6.42 Å². The van der Waals surface area contributed by atoms with Gasteiger partial charge in [-0.2, -0.15) is 0 Å². The maximum atomic E-state index is 9.45. The summed E-state index contributed by atoms with van der Waals surface area (Å²) in [4.78, 5) is 0. The van der Waals surface area contributed by atoms with Gasteiger partial charge < -0.3 is 10.4 Å². The highest BCUT2D eigenvalue weighted by atomic mass is 16.3. The fraction of sp³-hybridized carbons (Fsp3) is 0.625. The van der Waals surface area contributed by atoms with E-state index in [9.17, 15) is 5.11 Å². The molecule has 2 N–H and O–H groups in total. The molecule has 18 heavy (non-hydrogen) atoms. The van der Waals surface area contributed by atoms with Crippen LogP contribution in [0.5, 0.6) is 0 Å². The van der Waals surface area contributed by atoms with Crippen molar-refractivity contribution in [1.82, 2.24) is 5.32 Å². The Labute approximate surface area is 110 Å². The first-order valence-electron chi connectivity index (χ1n) is 7.26. The summed E-state index contributed by atoms with van der Waals surface area (Å²) in [6, 6.07) is 10.6. The maximum absolute atomic E-state index is 9.45. The predicted octanol–water partition coefficient (Wildman–Crippen LogP) is 2.76. The van der Waals surface area contributed by atoms with Gasteiger partial charge in [-0.3, -0.25) is 0 Å². The van der Waals surface area contributed by atoms with Gasteiger partial charge >= 0.3 is 0 Å². The van der Waals surface area contributed by atoms with E-state index in [1.807, 2.05) is 6.07 Å². The summed E-state index contributed by atoms with van der Waals surface area (Å²) in [5.74, 6) is 0.823. The van der Waals surface area contributed by atoms with E-state index in [-0.39, 0.29) is 12.6 Å². The second-order valence-electron chi connectivity index (χ2n) is 5.48. The third-order valence-electron chi connectivity index (χ3n) is 3.97. The molecule has 1 aliphatic rings. The van der Waals surface area contributed by atoms with Crippen molar-refractivity contribution in [3.8, 4) is 0 Å². The Hall–Kier alpha value is -0.860. The van der Waals surface area contributed by atoms with Gasteiger partial charge in [0.25, 0.3) is 0 Å². The molecule has 0 amide bonds. The predicted molar refractivity (Wildman–Crippen MR) is 75.6 cm³/mol. The number of benzene rings is 1. The van der Waals surface area contributed by atoms with Crippen LogP contribution >= 0.6 is 0 Å². The SMILES string of the molecule is OC[C@H](Cc1ccccc1)NCC1CCCCC1. The largest absolute Gasteiger partial charge is 0.395 e. The first-order chi connectivity index (χ1) is 8.88. The number of rotatable bonds is 6. The van der Waals surface area contributed by atoms with Crippen LogP contribution in [0.1, 0.15) is 37.7 Å². The van der Waals surface area contributed by atoms with Gasteiger partial charge in [0, 0.05) is 6.04 Å². The Morgan fingerprint density at radius 2 is 1.83 bits per heavy atom. The van der Waals surface area contributed by atoms with Crippen LogP contribution in [0.2, 0.25) is 0 Å². The topological polar surface area (TPSA) is 32.3 Å². The Morgan fingerprint density at radius 1 is 1.11 bits per heavy atom. The molecule has 0 unspecified atom stereocenters. The zero-order chi connectivity index (χ0) is 12.6. The second kappa shape index (κ2) is 7.55. The minimum absolute atomic E-state index is 0.203. The standard InChI is InChI=1S/C16H25NO/c18-13-16(11-14-7-3-1-4-8-14)17-12-15-9-5-2-6-10-15/h1,3-4,7-8,15-18H,2,5-6,9-13H2/t16-/m0/s1. The zero-order valence-electron chi connectivity index (χ0n) is 11.1. The summed E-state index contributed by atoms with van der Waals surface area (Å²) < 4.78 is 0. The first-order valence-corrected chi connectivity index (χ1v) is 7.26. The van der Waals surface area contributed by atoms with Gasteiger partial charge in [0.15, 0.2) is 0 Å². The highest BCUT2D eigenvalue weighted by Gasteiger charge is 2.15. The monoisotopic (exact) mass is 247 g/mol. The Bertz CT molecular complexity index is 319. The molecule has 100 valence electrons. The van der Waals surface area contributed by atoms with Gasteiger partial charge in [0.1, 0.15) is 0 Å². The summed E-state index contributed by atoms with van der Waals surface area (Å²) in [5.41, 5.74) is 1.30. The highest BCUT2D eigenvalue weighted by Crippen LogP contribution is 2.22. The number of nitrogens with one attached hydrogen (secondary N) is 1. The van der Waals surface area contributed by atoms with Crippen molar-refractivity contribution in [1.29, 1.82) is 0 Å². The van der Waals surface area contributed by atoms with Crippen LogP contribution in [0, 0.1) is 5.92 Å². The number of hydrogen-bond donors (Lipinski definition) is 2. The minimum atomic E-state index is 0.203. The number of hydrogen-bond acceptors (Lipinski definition) is 2. The summed E-state index contributed by atoms with van der Waals surface area (Å²) in [6.45, 7) is 1.29. The molecule has 1 saturated carbocycles. The second-order valence-corrected chi connectivity index (χ2v) is 5.48. The lowest BCUT2D eigenvalue weighted by Gasteiger charge is -2.25. The number of aliphatic hydroxyl groups is 1. The van der Waals surface area contributed by atoms with E-state index in [2.05, 4.69) is 29.6 Å². The summed E-state index contributed by atoms with van der Waals surface area (Å²) in [6.07, 6.45) is 7.81. The van der Waals surface area contributed by atoms with Crippen LogP contribution in [0.4, 0.5) is 0 Å². The molecule has 0 radical (unpaired) electrons. The van der Waals surface area contributed by atoms with Crippen molar-refractivity contribution in [2.45, 2.75) is 44.6 Å². The van der Waals surface area contributed by atoms with Crippen LogP contribution in [0.15, 0.2) is 30.3 Å². The molecule has 0 saturated heterocycles. The average molecular weight is 247 g/mol. The van der Waals surface area contributed by atoms with Gasteiger partial charge in [0.2, 0.25) is 0 Å². The number of aliphatic hydroxyl groups excluding tert-OH is 1. The lowest BCUT2D eigenvalue weighted by atomic mass is 9.89. The molecule has 1 aromatic rings. The summed E-state index contributed by atoms with van der Waals surface area (Å²) in [5, 5.41) is 13.0. The smallest absolute Gasteiger partial charge is 0.0587 e. The van der Waals surface area contributed by atoms with E-state index in [4.69, 9.17) is 0 Å². The van der Waals surface area contributed by atoms with Crippen molar-refractivity contribution in [3.05, 3.63) is 35.9 Å². The molecule has 2 nitrogen and oxygen atoms in total. The first kappa shape index (κ1) is 13.6. The van der Waals surface area contributed by atoms with Crippen LogP contribution in [-0.4, -0.2) is 24.3 Å². The van der Waals surface area contributed by atoms with E-state index in [1.165, 1.54) is 37.7 Å². The minimum Gasteiger partial charge on any atom is -0.395 e. The maximum Gasteiger partial charge on any atom is 0.0587 e. The summed E-state index contributed by atoms with van der Waals surface area (Å²) in [7, 11) is 0. The normalized spacial score (nSPS) is 18.7. The molecule has 1 aromatic carbocycles. The van der Waals surface area contributed by atoms with Crippen molar-refractivity contribution in [2.75, 3.05) is 13.2 Å².